The average Bonchev–Trinajstić information content (AvgIpc) is 3.49. The molecule has 188 valence electrons. The molecule has 1 aliphatic heterocycles. The maximum Gasteiger partial charge on any atom is 0.226 e. The van der Waals surface area contributed by atoms with Gasteiger partial charge in [-0.1, -0.05) is 29.4 Å². The first kappa shape index (κ1) is 25.3. The van der Waals surface area contributed by atoms with Gasteiger partial charge in [-0.25, -0.2) is 4.39 Å². The number of halogens is 2. The van der Waals surface area contributed by atoms with Crippen molar-refractivity contribution >= 4 is 52.3 Å². The molecule has 1 saturated heterocycles. The number of thiocarbonyl (C=S) groups is 1. The highest BCUT2D eigenvalue weighted by atomic mass is 35.5. The van der Waals surface area contributed by atoms with Gasteiger partial charge in [-0.15, -0.1) is 0 Å². The molecule has 0 spiro atoms. The number of hydrogen-bond donors (Lipinski definition) is 2. The summed E-state index contributed by atoms with van der Waals surface area (Å²) in [4.78, 5) is 20.1. The van der Waals surface area contributed by atoms with Crippen molar-refractivity contribution in [1.82, 2.24) is 15.2 Å². The van der Waals surface area contributed by atoms with Gasteiger partial charge >= 0.3 is 0 Å². The van der Waals surface area contributed by atoms with E-state index in [1.807, 2.05) is 59.5 Å². The third-order valence-electron chi connectivity index (χ3n) is 5.83. The Bertz CT molecular complexity index is 1380. The first-order chi connectivity index (χ1) is 18.0. The predicted molar refractivity (Wildman–Crippen MR) is 146 cm³/mol. The van der Waals surface area contributed by atoms with Gasteiger partial charge in [0.25, 0.3) is 0 Å². The Kier molecular flexibility index (Phi) is 7.73. The summed E-state index contributed by atoms with van der Waals surface area (Å²) in [5.41, 5.74) is 1.35. The first-order valence-electron chi connectivity index (χ1n) is 11.5. The smallest absolute Gasteiger partial charge is 0.226 e. The molecular formula is C27H22ClFN4O2S2. The van der Waals surface area contributed by atoms with Gasteiger partial charge in [0, 0.05) is 34.8 Å². The first-order valence-corrected chi connectivity index (χ1v) is 13.1. The maximum atomic E-state index is 13.2. The number of furan rings is 1. The van der Waals surface area contributed by atoms with Crippen molar-refractivity contribution in [3.63, 3.8) is 0 Å². The second-order valence-corrected chi connectivity index (χ2v) is 10.2. The summed E-state index contributed by atoms with van der Waals surface area (Å²) in [7, 11) is 0. The summed E-state index contributed by atoms with van der Waals surface area (Å²) >= 11 is 13.2. The zero-order valence-electron chi connectivity index (χ0n) is 19.4. The molecular weight excluding hydrogens is 531 g/mol. The largest absolute Gasteiger partial charge is 0.452 e. The third kappa shape index (κ3) is 6.12. The number of amides is 1. The van der Waals surface area contributed by atoms with E-state index in [0.29, 0.717) is 28.1 Å². The van der Waals surface area contributed by atoms with Gasteiger partial charge in [-0.3, -0.25) is 9.78 Å². The molecule has 2 aromatic carbocycles. The van der Waals surface area contributed by atoms with Crippen LogP contribution in [0, 0.1) is 5.82 Å². The van der Waals surface area contributed by atoms with E-state index in [-0.39, 0.29) is 30.2 Å². The molecule has 1 amide bonds. The topological polar surface area (TPSA) is 70.4 Å². The quantitative estimate of drug-likeness (QED) is 0.238. The summed E-state index contributed by atoms with van der Waals surface area (Å²) in [6, 6.07) is 22.2. The van der Waals surface area contributed by atoms with Crippen LogP contribution in [0.3, 0.4) is 0 Å². The van der Waals surface area contributed by atoms with Crippen LogP contribution in [0.15, 0.2) is 99.5 Å². The number of pyridine rings is 1. The molecule has 2 N–H and O–H groups in total. The Morgan fingerprint density at radius 2 is 1.89 bits per heavy atom. The van der Waals surface area contributed by atoms with Gasteiger partial charge in [-0.2, -0.15) is 0 Å². The third-order valence-corrected chi connectivity index (χ3v) is 7.36. The van der Waals surface area contributed by atoms with Crippen LogP contribution < -0.4 is 10.6 Å². The van der Waals surface area contributed by atoms with Gasteiger partial charge in [0.05, 0.1) is 11.7 Å². The molecule has 2 atom stereocenters. The molecule has 10 heteroatoms. The minimum absolute atomic E-state index is 0.178. The van der Waals surface area contributed by atoms with Crippen LogP contribution in [0.2, 0.25) is 5.02 Å². The molecule has 0 saturated carbocycles. The van der Waals surface area contributed by atoms with Crippen LogP contribution in [-0.2, 0) is 4.79 Å². The van der Waals surface area contributed by atoms with Crippen LogP contribution in [0.4, 0.5) is 10.1 Å². The highest BCUT2D eigenvalue weighted by Crippen LogP contribution is 2.41. The van der Waals surface area contributed by atoms with E-state index in [1.54, 1.807) is 6.20 Å². The Hall–Kier alpha value is -3.40. The minimum atomic E-state index is -0.359. The molecule has 5 rings (SSSR count). The van der Waals surface area contributed by atoms with Crippen LogP contribution in [0.5, 0.6) is 0 Å². The number of rotatable bonds is 8. The van der Waals surface area contributed by atoms with E-state index in [4.69, 9.17) is 28.2 Å². The summed E-state index contributed by atoms with van der Waals surface area (Å²) < 4.78 is 19.4. The van der Waals surface area contributed by atoms with Gasteiger partial charge in [0.1, 0.15) is 17.6 Å². The normalized spacial score (nSPS) is 17.0. The maximum absolute atomic E-state index is 13.2. The lowest BCUT2D eigenvalue weighted by Crippen LogP contribution is -2.32. The highest BCUT2D eigenvalue weighted by molar-refractivity contribution is 7.99. The molecule has 1 fully saturated rings. The zero-order chi connectivity index (χ0) is 25.8. The lowest BCUT2D eigenvalue weighted by molar-refractivity contribution is -0.116. The van der Waals surface area contributed by atoms with Crippen LogP contribution >= 0.6 is 35.6 Å². The van der Waals surface area contributed by atoms with Crippen molar-refractivity contribution < 1.29 is 13.6 Å². The van der Waals surface area contributed by atoms with E-state index in [1.165, 1.54) is 36.0 Å². The molecule has 0 unspecified atom stereocenters. The van der Waals surface area contributed by atoms with Crippen molar-refractivity contribution in [2.75, 3.05) is 11.9 Å². The monoisotopic (exact) mass is 552 g/mol. The van der Waals surface area contributed by atoms with Gasteiger partial charge in [0.2, 0.25) is 5.91 Å². The molecule has 2 aromatic heterocycles. The Labute approximate surface area is 228 Å². The lowest BCUT2D eigenvalue weighted by Gasteiger charge is -2.25. The fraction of sp³-hybridized carbons (Fsp3) is 0.148. The summed E-state index contributed by atoms with van der Waals surface area (Å²) in [6.07, 6.45) is 1.91. The van der Waals surface area contributed by atoms with Crippen molar-refractivity contribution in [3.05, 3.63) is 107 Å². The number of carbonyl (C=O) groups excluding carboxylic acids is 1. The van der Waals surface area contributed by atoms with E-state index in [2.05, 4.69) is 15.6 Å². The number of hydrogen-bond acceptors (Lipinski definition) is 5. The molecule has 37 heavy (non-hydrogen) atoms. The van der Waals surface area contributed by atoms with Gasteiger partial charge in [0.15, 0.2) is 10.2 Å². The van der Waals surface area contributed by atoms with Crippen LogP contribution in [0.1, 0.15) is 30.0 Å². The van der Waals surface area contributed by atoms with E-state index in [9.17, 15) is 9.18 Å². The number of benzene rings is 2. The summed E-state index contributed by atoms with van der Waals surface area (Å²) in [5.74, 6) is 0.146. The molecule has 4 aromatic rings. The summed E-state index contributed by atoms with van der Waals surface area (Å²) in [6.45, 7) is 0.354. The Morgan fingerprint density at radius 3 is 2.62 bits per heavy atom. The molecule has 1 aliphatic rings. The standard InChI is InChI=1S/C27H22ClFN4O2S2/c28-17-4-10-20(11-5-17)37-24-13-12-22(35-24)26-25(21-3-1-2-15-30-21)32-27(36)33(26)16-14-23(34)31-19-8-6-18(29)7-9-19/h1-13,15,25-26H,14,16H2,(H,31,34)(H,32,36)/t25-,26+/m0/s1. The molecule has 3 heterocycles. The van der Waals surface area contributed by atoms with Crippen molar-refractivity contribution in [3.8, 4) is 0 Å². The van der Waals surface area contributed by atoms with Gasteiger partial charge in [-0.05, 0) is 85.0 Å². The van der Waals surface area contributed by atoms with Crippen LogP contribution in [-0.4, -0.2) is 27.4 Å². The lowest BCUT2D eigenvalue weighted by atomic mass is 10.0. The number of nitrogens with one attached hydrogen (secondary N) is 2. The van der Waals surface area contributed by atoms with Crippen molar-refractivity contribution in [1.29, 1.82) is 0 Å². The van der Waals surface area contributed by atoms with Crippen molar-refractivity contribution in [2.24, 2.45) is 0 Å². The summed E-state index contributed by atoms with van der Waals surface area (Å²) in [5, 5.41) is 8.06. The Balaban J connectivity index is 1.35. The van der Waals surface area contributed by atoms with Crippen LogP contribution in [0.25, 0.3) is 0 Å². The fourth-order valence-corrected chi connectivity index (χ4v) is 5.34. The second kappa shape index (κ2) is 11.3. The van der Waals surface area contributed by atoms with E-state index >= 15 is 0 Å². The predicted octanol–water partition coefficient (Wildman–Crippen LogP) is 6.62. The second-order valence-electron chi connectivity index (χ2n) is 8.34. The van der Waals surface area contributed by atoms with Crippen molar-refractivity contribution in [2.45, 2.75) is 28.5 Å². The minimum Gasteiger partial charge on any atom is -0.452 e. The fourth-order valence-electron chi connectivity index (χ4n) is 4.10. The molecule has 6 nitrogen and oxygen atoms in total. The van der Waals surface area contributed by atoms with E-state index in [0.717, 1.165) is 15.7 Å². The SMILES string of the molecule is O=C(CCN1C(=S)N[C@@H](c2ccccn2)[C@H]1c1ccc(Sc2ccc(Cl)cc2)o1)Nc1ccc(F)cc1. The van der Waals surface area contributed by atoms with Gasteiger partial charge < -0.3 is 20.0 Å². The number of aromatic nitrogens is 1. The molecule has 0 bridgehead atoms. The molecule has 0 aliphatic carbocycles. The van der Waals surface area contributed by atoms with E-state index < -0.39 is 0 Å². The number of carbonyl (C=O) groups is 1. The average molecular weight is 553 g/mol. The highest BCUT2D eigenvalue weighted by Gasteiger charge is 2.41. The zero-order valence-corrected chi connectivity index (χ0v) is 21.8. The number of anilines is 1. The number of nitrogens with zero attached hydrogens (tertiary/aromatic N) is 2. The Morgan fingerprint density at radius 1 is 1.11 bits per heavy atom. The molecule has 0 radical (unpaired) electrons.